The second-order valence-electron chi connectivity index (χ2n) is 1.80. The number of hydrogen-bond donors (Lipinski definition) is 0. The van der Waals surface area contributed by atoms with Crippen molar-refractivity contribution in [3.63, 3.8) is 0 Å². The minimum absolute atomic E-state index is 0. The maximum Gasteiger partial charge on any atom is 0.387 e. The first-order valence-electron chi connectivity index (χ1n) is 2.51. The van der Waals surface area contributed by atoms with Gasteiger partial charge in [0.2, 0.25) is 6.33 Å². The van der Waals surface area contributed by atoms with Crippen molar-refractivity contribution in [3.05, 3.63) is 18.7 Å². The van der Waals surface area contributed by atoms with Crippen LogP contribution in [0.25, 0.3) is 0 Å². The van der Waals surface area contributed by atoms with Crippen LogP contribution in [-0.4, -0.2) is 4.57 Å². The molecule has 1 heterocycles. The van der Waals surface area contributed by atoms with Crippen LogP contribution in [0.4, 0.5) is 8.78 Å². The lowest BCUT2D eigenvalue weighted by atomic mass is 10.9. The van der Waals surface area contributed by atoms with Gasteiger partial charge in [0.25, 0.3) is 0 Å². The van der Waals surface area contributed by atoms with Gasteiger partial charge in [-0.25, -0.2) is 4.57 Å². The molecule has 0 bridgehead atoms. The third-order valence-corrected chi connectivity index (χ3v) is 1.01. The minimum Gasteiger partial charge on any atom is -1.00 e. The molecule has 0 atom stereocenters. The van der Waals surface area contributed by atoms with Crippen LogP contribution in [0, 0.1) is 0 Å². The summed E-state index contributed by atoms with van der Waals surface area (Å²) in [6, 6.07) is 0. The summed E-state index contributed by atoms with van der Waals surface area (Å²) >= 11 is 0. The van der Waals surface area contributed by atoms with Crippen LogP contribution in [-0.2, 0) is 7.05 Å². The van der Waals surface area contributed by atoms with Crippen molar-refractivity contribution >= 4 is 0 Å². The highest BCUT2D eigenvalue weighted by molar-refractivity contribution is 4.65. The van der Waals surface area contributed by atoms with Gasteiger partial charge in [0.1, 0.15) is 12.4 Å². The van der Waals surface area contributed by atoms with E-state index in [0.717, 1.165) is 4.57 Å². The van der Waals surface area contributed by atoms with Gasteiger partial charge in [-0.1, -0.05) is 0 Å². The Morgan fingerprint density at radius 1 is 1.50 bits per heavy atom. The molecular weight excluding hydrogens is 206 g/mol. The molecule has 0 aliphatic rings. The van der Waals surface area contributed by atoms with Crippen molar-refractivity contribution in [1.29, 1.82) is 0 Å². The summed E-state index contributed by atoms with van der Waals surface area (Å²) < 4.78 is 25.9. The molecular formula is C5H7BrF2N2. The van der Waals surface area contributed by atoms with E-state index in [2.05, 4.69) is 0 Å². The van der Waals surface area contributed by atoms with Gasteiger partial charge < -0.3 is 17.0 Å². The van der Waals surface area contributed by atoms with Crippen molar-refractivity contribution in [2.24, 2.45) is 7.05 Å². The zero-order valence-electron chi connectivity index (χ0n) is 5.34. The van der Waals surface area contributed by atoms with Crippen molar-refractivity contribution < 1.29 is 30.3 Å². The smallest absolute Gasteiger partial charge is 0.387 e. The number of nitrogens with zero attached hydrogens (tertiary/aromatic N) is 2. The second-order valence-corrected chi connectivity index (χ2v) is 1.80. The van der Waals surface area contributed by atoms with E-state index >= 15 is 0 Å². The first-order chi connectivity index (χ1) is 4.20. The molecule has 5 heteroatoms. The molecule has 0 aliphatic heterocycles. The van der Waals surface area contributed by atoms with Crippen LogP contribution in [0.1, 0.15) is 6.55 Å². The predicted octanol–water partition coefficient (Wildman–Crippen LogP) is -2.29. The summed E-state index contributed by atoms with van der Waals surface area (Å²) in [5, 5.41) is 0. The molecule has 0 unspecified atom stereocenters. The van der Waals surface area contributed by atoms with Crippen molar-refractivity contribution in [2.75, 3.05) is 0 Å². The molecule has 58 valence electrons. The fourth-order valence-electron chi connectivity index (χ4n) is 0.585. The fraction of sp³-hybridized carbons (Fsp3) is 0.400. The molecule has 0 radical (unpaired) electrons. The fourth-order valence-corrected chi connectivity index (χ4v) is 0.585. The lowest BCUT2D eigenvalue weighted by Crippen LogP contribution is -3.00. The normalized spacial score (nSPS) is 9.60. The van der Waals surface area contributed by atoms with Crippen molar-refractivity contribution in [3.8, 4) is 0 Å². The maximum absolute atomic E-state index is 11.7. The average molecular weight is 213 g/mol. The predicted molar refractivity (Wildman–Crippen MR) is 26.9 cm³/mol. The molecule has 0 amide bonds. The van der Waals surface area contributed by atoms with Crippen LogP contribution < -0.4 is 21.5 Å². The molecule has 0 fully saturated rings. The average Bonchev–Trinajstić information content (AvgIpc) is 2.14. The lowest BCUT2D eigenvalue weighted by Gasteiger charge is -1.87. The number of hydrogen-bond acceptors (Lipinski definition) is 0. The molecule has 1 aromatic rings. The van der Waals surface area contributed by atoms with E-state index in [0.29, 0.717) is 0 Å². The molecule has 0 saturated heterocycles. The van der Waals surface area contributed by atoms with Crippen molar-refractivity contribution in [2.45, 2.75) is 6.55 Å². The largest absolute Gasteiger partial charge is 1.00 e. The third kappa shape index (κ3) is 2.06. The Morgan fingerprint density at radius 2 is 2.10 bits per heavy atom. The lowest BCUT2D eigenvalue weighted by molar-refractivity contribution is -0.671. The Morgan fingerprint density at radius 3 is 2.30 bits per heavy atom. The highest BCUT2D eigenvalue weighted by atomic mass is 79.9. The quantitative estimate of drug-likeness (QED) is 0.464. The Hall–Kier alpha value is -0.450. The van der Waals surface area contributed by atoms with E-state index in [4.69, 9.17) is 0 Å². The standard InChI is InChI=1S/C5H7F2N2.BrH/c1-8-2-3-9(4-8)5(6)7;/h2-5H,1H3;1H/q+1;/p-1. The van der Waals surface area contributed by atoms with E-state index in [1.165, 1.54) is 12.5 Å². The summed E-state index contributed by atoms with van der Waals surface area (Å²) in [4.78, 5) is 0. The topological polar surface area (TPSA) is 8.81 Å². The summed E-state index contributed by atoms with van der Waals surface area (Å²) in [5.74, 6) is 0. The monoisotopic (exact) mass is 212 g/mol. The van der Waals surface area contributed by atoms with Gasteiger partial charge in [-0.2, -0.15) is 13.3 Å². The van der Waals surface area contributed by atoms with E-state index in [1.54, 1.807) is 17.8 Å². The van der Waals surface area contributed by atoms with Gasteiger partial charge in [-0.3, -0.25) is 0 Å². The SMILES string of the molecule is C[n+]1ccn(C(F)F)c1.[Br-]. The summed E-state index contributed by atoms with van der Waals surface area (Å²) in [6.07, 6.45) is 4.21. The van der Waals surface area contributed by atoms with Gasteiger partial charge >= 0.3 is 6.55 Å². The molecule has 0 aliphatic carbocycles. The van der Waals surface area contributed by atoms with E-state index in [1.807, 2.05) is 0 Å². The van der Waals surface area contributed by atoms with Crippen LogP contribution in [0.15, 0.2) is 18.7 Å². The summed E-state index contributed by atoms with van der Waals surface area (Å²) in [7, 11) is 1.69. The third-order valence-electron chi connectivity index (χ3n) is 1.01. The van der Waals surface area contributed by atoms with Crippen LogP contribution >= 0.6 is 0 Å². The van der Waals surface area contributed by atoms with E-state index in [9.17, 15) is 8.78 Å². The second kappa shape index (κ2) is 3.65. The first kappa shape index (κ1) is 9.55. The Balaban J connectivity index is 0.000000810. The maximum atomic E-state index is 11.7. The number of alkyl halides is 2. The Kier molecular flexibility index (Phi) is 3.49. The van der Waals surface area contributed by atoms with Gasteiger partial charge in [0, 0.05) is 0 Å². The number of aromatic nitrogens is 2. The van der Waals surface area contributed by atoms with Gasteiger partial charge in [-0.05, 0) is 0 Å². The molecule has 0 saturated carbocycles. The zero-order chi connectivity index (χ0) is 6.85. The summed E-state index contributed by atoms with van der Waals surface area (Å²) in [5.41, 5.74) is 0. The molecule has 2 nitrogen and oxygen atoms in total. The first-order valence-corrected chi connectivity index (χ1v) is 2.51. The Bertz CT molecular complexity index is 199. The van der Waals surface area contributed by atoms with Crippen molar-refractivity contribution in [1.82, 2.24) is 4.57 Å². The zero-order valence-corrected chi connectivity index (χ0v) is 6.92. The number of rotatable bonds is 1. The van der Waals surface area contributed by atoms with E-state index in [-0.39, 0.29) is 17.0 Å². The van der Waals surface area contributed by atoms with Crippen LogP contribution in [0.3, 0.4) is 0 Å². The minimum atomic E-state index is -2.42. The van der Waals surface area contributed by atoms with Crippen LogP contribution in [0.2, 0.25) is 0 Å². The van der Waals surface area contributed by atoms with Gasteiger partial charge in [0.05, 0.1) is 7.05 Å². The number of aryl methyl sites for hydroxylation is 1. The molecule has 0 N–H and O–H groups in total. The van der Waals surface area contributed by atoms with Gasteiger partial charge in [-0.15, -0.1) is 0 Å². The number of imidazole rings is 1. The Labute approximate surface area is 67.9 Å². The number of halogens is 3. The molecule has 1 aromatic heterocycles. The highest BCUT2D eigenvalue weighted by Crippen LogP contribution is 2.05. The summed E-state index contributed by atoms with van der Waals surface area (Å²) in [6.45, 7) is -2.42. The van der Waals surface area contributed by atoms with Crippen LogP contribution in [0.5, 0.6) is 0 Å². The molecule has 1 rings (SSSR count). The molecule has 10 heavy (non-hydrogen) atoms. The van der Waals surface area contributed by atoms with Gasteiger partial charge in [0.15, 0.2) is 0 Å². The molecule has 0 spiro atoms. The highest BCUT2D eigenvalue weighted by Gasteiger charge is 2.10. The molecule has 0 aromatic carbocycles. The van der Waals surface area contributed by atoms with E-state index < -0.39 is 6.55 Å².